The fourth-order valence-electron chi connectivity index (χ4n) is 3.72. The summed E-state index contributed by atoms with van der Waals surface area (Å²) in [5.74, 6) is -0.195. The van der Waals surface area contributed by atoms with Crippen molar-refractivity contribution in [3.8, 4) is 0 Å². The van der Waals surface area contributed by atoms with E-state index in [0.717, 1.165) is 0 Å². The summed E-state index contributed by atoms with van der Waals surface area (Å²) < 4.78 is 20.0. The van der Waals surface area contributed by atoms with Crippen LogP contribution < -0.4 is 10.2 Å². The zero-order valence-corrected chi connectivity index (χ0v) is 14.9. The third kappa shape index (κ3) is 3.30. The molecule has 0 radical (unpaired) electrons. The van der Waals surface area contributed by atoms with Gasteiger partial charge in [0.1, 0.15) is 12.0 Å². The van der Waals surface area contributed by atoms with E-state index in [4.69, 9.17) is 4.74 Å². The second-order valence-electron chi connectivity index (χ2n) is 6.69. The van der Waals surface area contributed by atoms with Gasteiger partial charge in [-0.2, -0.15) is 0 Å². The van der Waals surface area contributed by atoms with Gasteiger partial charge in [-0.3, -0.25) is 5.32 Å². The average Bonchev–Trinajstić information content (AvgIpc) is 2.68. The fourth-order valence-corrected chi connectivity index (χ4v) is 3.72. The van der Waals surface area contributed by atoms with E-state index in [9.17, 15) is 4.39 Å². The van der Waals surface area contributed by atoms with Crippen LogP contribution in [0.4, 0.5) is 10.1 Å². The van der Waals surface area contributed by atoms with Crippen LogP contribution in [0.25, 0.3) is 10.8 Å². The molecule has 1 fully saturated rings. The lowest BCUT2D eigenvalue weighted by atomic mass is 9.99. The first-order chi connectivity index (χ1) is 12.7. The van der Waals surface area contributed by atoms with Crippen LogP contribution in [0.1, 0.15) is 18.5 Å². The normalized spacial score (nSPS) is 18.8. The molecule has 1 unspecified atom stereocenters. The van der Waals surface area contributed by atoms with Crippen LogP contribution in [0.3, 0.4) is 0 Å². The van der Waals surface area contributed by atoms with Gasteiger partial charge in [-0.1, -0.05) is 54.6 Å². The summed E-state index contributed by atoms with van der Waals surface area (Å²) in [5.41, 5.74) is 1.86. The summed E-state index contributed by atoms with van der Waals surface area (Å²) in [5, 5.41) is 6.10. The molecule has 3 aromatic rings. The molecule has 0 aromatic heterocycles. The summed E-state index contributed by atoms with van der Waals surface area (Å²) in [6, 6.07) is 21.8. The maximum atomic E-state index is 14.3. The van der Waals surface area contributed by atoms with Crippen molar-refractivity contribution in [2.75, 3.05) is 24.7 Å². The van der Waals surface area contributed by atoms with Crippen LogP contribution in [0.5, 0.6) is 0 Å². The van der Waals surface area contributed by atoms with Crippen LogP contribution in [0, 0.1) is 5.82 Å². The molecule has 0 aliphatic carbocycles. The van der Waals surface area contributed by atoms with Crippen LogP contribution in [-0.4, -0.2) is 25.9 Å². The van der Waals surface area contributed by atoms with Gasteiger partial charge < -0.3 is 9.64 Å². The number of benzene rings is 3. The van der Waals surface area contributed by atoms with E-state index in [1.54, 1.807) is 6.07 Å². The molecule has 1 aliphatic heterocycles. The van der Waals surface area contributed by atoms with E-state index in [1.165, 1.54) is 22.4 Å². The number of para-hydroxylation sites is 1. The van der Waals surface area contributed by atoms with E-state index < -0.39 is 0 Å². The minimum absolute atomic E-state index is 0.0744. The van der Waals surface area contributed by atoms with Crippen molar-refractivity contribution in [2.24, 2.45) is 0 Å². The van der Waals surface area contributed by atoms with Gasteiger partial charge in [0.2, 0.25) is 0 Å². The number of rotatable bonds is 4. The Balaban J connectivity index is 1.61. The van der Waals surface area contributed by atoms with Gasteiger partial charge >= 0.3 is 0 Å². The summed E-state index contributed by atoms with van der Waals surface area (Å²) in [7, 11) is 0. The maximum Gasteiger partial charge on any atom is 0.146 e. The van der Waals surface area contributed by atoms with Crippen molar-refractivity contribution in [1.82, 2.24) is 5.32 Å². The Hall–Kier alpha value is -2.43. The molecule has 1 saturated heterocycles. The van der Waals surface area contributed by atoms with Crippen molar-refractivity contribution >= 4 is 16.5 Å². The summed E-state index contributed by atoms with van der Waals surface area (Å²) in [6.07, 6.45) is -0.0744. The summed E-state index contributed by atoms with van der Waals surface area (Å²) in [4.78, 5) is 2.07. The van der Waals surface area contributed by atoms with Crippen molar-refractivity contribution in [2.45, 2.75) is 19.1 Å². The minimum Gasteiger partial charge on any atom is -0.376 e. The van der Waals surface area contributed by atoms with Crippen LogP contribution in [0.2, 0.25) is 0 Å². The molecule has 4 rings (SSSR count). The van der Waals surface area contributed by atoms with Crippen LogP contribution >= 0.6 is 0 Å². The predicted octanol–water partition coefficient (Wildman–Crippen LogP) is 4.49. The molecule has 0 saturated carbocycles. The highest BCUT2D eigenvalue weighted by Gasteiger charge is 2.26. The smallest absolute Gasteiger partial charge is 0.146 e. The number of anilines is 1. The van der Waals surface area contributed by atoms with Crippen LogP contribution in [-0.2, 0) is 4.74 Å². The molecule has 4 heteroatoms. The predicted molar refractivity (Wildman–Crippen MR) is 104 cm³/mol. The lowest BCUT2D eigenvalue weighted by Gasteiger charge is -2.39. The lowest BCUT2D eigenvalue weighted by molar-refractivity contribution is 0.0801. The lowest BCUT2D eigenvalue weighted by Crippen LogP contribution is -2.54. The van der Waals surface area contributed by atoms with E-state index in [1.807, 2.05) is 12.1 Å². The molecular weight excluding hydrogens is 327 g/mol. The van der Waals surface area contributed by atoms with Gasteiger partial charge in [0, 0.05) is 12.6 Å². The summed E-state index contributed by atoms with van der Waals surface area (Å²) >= 11 is 0. The monoisotopic (exact) mass is 350 g/mol. The molecule has 1 aliphatic rings. The third-order valence-corrected chi connectivity index (χ3v) is 5.02. The Morgan fingerprint density at radius 1 is 1.04 bits per heavy atom. The number of nitrogens with zero attached hydrogens (tertiary/aromatic N) is 1. The molecule has 3 nitrogen and oxygen atoms in total. The first-order valence-electron chi connectivity index (χ1n) is 9.06. The minimum atomic E-state index is -0.195. The van der Waals surface area contributed by atoms with Crippen molar-refractivity contribution in [1.29, 1.82) is 0 Å². The number of fused-ring (bicyclic) bond motifs is 1. The Kier molecular flexibility index (Phi) is 4.87. The quantitative estimate of drug-likeness (QED) is 0.750. The molecule has 26 heavy (non-hydrogen) atoms. The number of ether oxygens (including phenoxy) is 1. The third-order valence-electron chi connectivity index (χ3n) is 5.02. The fraction of sp³-hybridized carbons (Fsp3) is 0.273. The molecule has 1 heterocycles. The highest BCUT2D eigenvalue weighted by atomic mass is 19.1. The van der Waals surface area contributed by atoms with Gasteiger partial charge in [0.25, 0.3) is 0 Å². The number of halogens is 1. The first kappa shape index (κ1) is 17.0. The van der Waals surface area contributed by atoms with E-state index in [-0.39, 0.29) is 18.0 Å². The Labute approximate surface area is 153 Å². The highest BCUT2D eigenvalue weighted by molar-refractivity contribution is 5.86. The maximum absolute atomic E-state index is 14.3. The second kappa shape index (κ2) is 7.44. The average molecular weight is 350 g/mol. The largest absolute Gasteiger partial charge is 0.376 e. The molecular formula is C22H23FN2O. The summed E-state index contributed by atoms with van der Waals surface area (Å²) in [6.45, 7) is 3.95. The number of hydrogen-bond donors (Lipinski definition) is 1. The van der Waals surface area contributed by atoms with Gasteiger partial charge in [-0.15, -0.1) is 0 Å². The van der Waals surface area contributed by atoms with Gasteiger partial charge in [0.15, 0.2) is 0 Å². The van der Waals surface area contributed by atoms with E-state index in [2.05, 4.69) is 59.6 Å². The zero-order chi connectivity index (χ0) is 17.9. The zero-order valence-electron chi connectivity index (χ0n) is 14.9. The number of nitrogens with one attached hydrogen (secondary N) is 1. The van der Waals surface area contributed by atoms with Crippen molar-refractivity contribution < 1.29 is 9.13 Å². The second-order valence-corrected chi connectivity index (χ2v) is 6.69. The van der Waals surface area contributed by atoms with Crippen molar-refractivity contribution in [3.05, 3.63) is 78.1 Å². The first-order valence-corrected chi connectivity index (χ1v) is 9.06. The molecule has 2 atom stereocenters. The Morgan fingerprint density at radius 3 is 2.69 bits per heavy atom. The van der Waals surface area contributed by atoms with E-state index >= 15 is 0 Å². The van der Waals surface area contributed by atoms with Crippen LogP contribution in [0.15, 0.2) is 66.7 Å². The SMILES string of the molecule is C[C@@H](NC1COCCN1c1ccccc1F)c1cccc2ccccc12. The van der Waals surface area contributed by atoms with Gasteiger partial charge in [-0.05, 0) is 35.4 Å². The standard InChI is InChI=1S/C22H23FN2O/c1-16(18-10-6-8-17-7-2-3-9-19(17)18)24-22-15-26-14-13-25(22)21-12-5-4-11-20(21)23/h2-12,16,22,24H,13-15H2,1H3/t16-,22?/m1/s1. The highest BCUT2D eigenvalue weighted by Crippen LogP contribution is 2.27. The molecule has 0 bridgehead atoms. The Bertz CT molecular complexity index is 893. The van der Waals surface area contributed by atoms with Gasteiger partial charge in [-0.25, -0.2) is 4.39 Å². The topological polar surface area (TPSA) is 24.5 Å². The van der Waals surface area contributed by atoms with E-state index in [0.29, 0.717) is 25.4 Å². The molecule has 0 amide bonds. The molecule has 3 aromatic carbocycles. The van der Waals surface area contributed by atoms with Gasteiger partial charge in [0.05, 0.1) is 18.9 Å². The number of morpholine rings is 1. The Morgan fingerprint density at radius 2 is 1.81 bits per heavy atom. The number of hydrogen-bond acceptors (Lipinski definition) is 3. The molecule has 134 valence electrons. The van der Waals surface area contributed by atoms with Crippen molar-refractivity contribution in [3.63, 3.8) is 0 Å². The molecule has 0 spiro atoms. The molecule has 1 N–H and O–H groups in total.